The van der Waals surface area contributed by atoms with Gasteiger partial charge in [0.1, 0.15) is 0 Å². The number of carbonyl (C=O) groups excluding carboxylic acids is 1. The predicted molar refractivity (Wildman–Crippen MR) is 100 cm³/mol. The van der Waals surface area contributed by atoms with Crippen molar-refractivity contribution >= 4 is 16.8 Å². The number of amides is 1. The molecule has 0 spiro atoms. The molecule has 0 saturated heterocycles. The van der Waals surface area contributed by atoms with Gasteiger partial charge in [0.2, 0.25) is 5.91 Å². The minimum Gasteiger partial charge on any atom is -0.396 e. The molecule has 3 rings (SSSR count). The first-order valence-corrected chi connectivity index (χ1v) is 8.70. The molecular formula is C21H24N2O2. The van der Waals surface area contributed by atoms with E-state index in [-0.39, 0.29) is 18.6 Å². The number of aliphatic hydroxyl groups excluding tert-OH is 1. The molecule has 4 heteroatoms. The molecule has 25 heavy (non-hydrogen) atoms. The van der Waals surface area contributed by atoms with E-state index in [1.807, 2.05) is 61.5 Å². The minimum absolute atomic E-state index is 0.000328. The van der Waals surface area contributed by atoms with Crippen molar-refractivity contribution in [3.8, 4) is 0 Å². The van der Waals surface area contributed by atoms with Crippen LogP contribution >= 0.6 is 0 Å². The van der Waals surface area contributed by atoms with E-state index < -0.39 is 0 Å². The van der Waals surface area contributed by atoms with E-state index in [0.29, 0.717) is 12.8 Å². The molecule has 130 valence electrons. The summed E-state index contributed by atoms with van der Waals surface area (Å²) in [5.41, 5.74) is 4.20. The summed E-state index contributed by atoms with van der Waals surface area (Å²) < 4.78 is 0. The topological polar surface area (TPSA) is 65.1 Å². The Balaban J connectivity index is 1.76. The van der Waals surface area contributed by atoms with Gasteiger partial charge < -0.3 is 15.4 Å². The lowest BCUT2D eigenvalue weighted by molar-refractivity contribution is -0.121. The van der Waals surface area contributed by atoms with Crippen LogP contribution in [0.3, 0.4) is 0 Å². The zero-order chi connectivity index (χ0) is 17.6. The fourth-order valence-electron chi connectivity index (χ4n) is 3.27. The lowest BCUT2D eigenvalue weighted by atomic mass is 10.0. The van der Waals surface area contributed by atoms with E-state index in [4.69, 9.17) is 5.11 Å². The smallest absolute Gasteiger partial charge is 0.224 e. The number of benzene rings is 2. The number of H-pyrrole nitrogens is 1. The van der Waals surface area contributed by atoms with Gasteiger partial charge in [-0.25, -0.2) is 0 Å². The van der Waals surface area contributed by atoms with E-state index >= 15 is 0 Å². The number of aromatic nitrogens is 1. The highest BCUT2D eigenvalue weighted by Crippen LogP contribution is 2.23. The van der Waals surface area contributed by atoms with Crippen LogP contribution in [0.2, 0.25) is 0 Å². The number of hydrogen-bond acceptors (Lipinski definition) is 2. The summed E-state index contributed by atoms with van der Waals surface area (Å²) in [5.74, 6) is -0.000328. The van der Waals surface area contributed by atoms with Gasteiger partial charge in [-0.15, -0.1) is 0 Å². The quantitative estimate of drug-likeness (QED) is 0.616. The van der Waals surface area contributed by atoms with Gasteiger partial charge in [-0.3, -0.25) is 4.79 Å². The Hall–Kier alpha value is -2.59. The molecule has 0 fully saturated rings. The standard InChI is InChI=1S/C21H24N2O2/c1-15-18(17-10-5-6-11-20(17)22-15)14-21(25)23-19(12-7-13-24)16-8-3-2-4-9-16/h2-6,8-11,19,22,24H,7,12-14H2,1H3,(H,23,25). The Morgan fingerprint density at radius 1 is 1.12 bits per heavy atom. The lowest BCUT2D eigenvalue weighted by Crippen LogP contribution is -2.30. The number of rotatable bonds is 7. The number of aliphatic hydroxyl groups is 1. The van der Waals surface area contributed by atoms with Crippen LogP contribution in [0.1, 0.15) is 35.7 Å². The average Bonchev–Trinajstić information content (AvgIpc) is 2.95. The monoisotopic (exact) mass is 336 g/mol. The van der Waals surface area contributed by atoms with Gasteiger partial charge in [0.15, 0.2) is 0 Å². The molecule has 0 aliphatic heterocycles. The fraction of sp³-hybridized carbons (Fsp3) is 0.286. The normalized spacial score (nSPS) is 12.2. The summed E-state index contributed by atoms with van der Waals surface area (Å²) >= 11 is 0. The Bertz CT molecular complexity index is 839. The molecule has 0 saturated carbocycles. The first-order chi connectivity index (χ1) is 12.2. The van der Waals surface area contributed by atoms with Crippen molar-refractivity contribution < 1.29 is 9.90 Å². The van der Waals surface area contributed by atoms with E-state index in [0.717, 1.165) is 34.1 Å². The highest BCUT2D eigenvalue weighted by atomic mass is 16.3. The molecule has 2 aromatic carbocycles. The van der Waals surface area contributed by atoms with Crippen molar-refractivity contribution in [2.24, 2.45) is 0 Å². The van der Waals surface area contributed by atoms with Crippen LogP contribution < -0.4 is 5.32 Å². The number of fused-ring (bicyclic) bond motifs is 1. The van der Waals surface area contributed by atoms with Crippen molar-refractivity contribution in [2.75, 3.05) is 6.61 Å². The van der Waals surface area contributed by atoms with Crippen molar-refractivity contribution in [3.05, 3.63) is 71.4 Å². The fourth-order valence-corrected chi connectivity index (χ4v) is 3.27. The number of hydrogen-bond donors (Lipinski definition) is 3. The molecule has 1 heterocycles. The van der Waals surface area contributed by atoms with Crippen LogP contribution in [0.4, 0.5) is 0 Å². The highest BCUT2D eigenvalue weighted by molar-refractivity contribution is 5.90. The van der Waals surface area contributed by atoms with Gasteiger partial charge >= 0.3 is 0 Å². The summed E-state index contributed by atoms with van der Waals surface area (Å²) in [6.45, 7) is 2.13. The first kappa shape index (κ1) is 17.2. The number of carbonyl (C=O) groups is 1. The molecule has 3 aromatic rings. The van der Waals surface area contributed by atoms with Gasteiger partial charge in [0.05, 0.1) is 12.5 Å². The maximum absolute atomic E-state index is 12.7. The molecule has 1 unspecified atom stereocenters. The summed E-state index contributed by atoms with van der Waals surface area (Å²) in [7, 11) is 0. The van der Waals surface area contributed by atoms with Crippen molar-refractivity contribution in [1.82, 2.24) is 10.3 Å². The van der Waals surface area contributed by atoms with E-state index in [1.54, 1.807) is 0 Å². The van der Waals surface area contributed by atoms with Gasteiger partial charge in [-0.05, 0) is 37.0 Å². The molecule has 0 bridgehead atoms. The summed E-state index contributed by atoms with van der Waals surface area (Å²) in [4.78, 5) is 16.0. The van der Waals surface area contributed by atoms with E-state index in [1.165, 1.54) is 0 Å². The van der Waals surface area contributed by atoms with Gasteiger partial charge in [0, 0.05) is 23.2 Å². The largest absolute Gasteiger partial charge is 0.396 e. The zero-order valence-corrected chi connectivity index (χ0v) is 14.5. The molecule has 3 N–H and O–H groups in total. The van der Waals surface area contributed by atoms with Gasteiger partial charge in [-0.2, -0.15) is 0 Å². The molecular weight excluding hydrogens is 312 g/mol. The molecule has 1 aromatic heterocycles. The average molecular weight is 336 g/mol. The van der Waals surface area contributed by atoms with E-state index in [9.17, 15) is 4.79 Å². The minimum atomic E-state index is -0.0774. The van der Waals surface area contributed by atoms with Crippen molar-refractivity contribution in [1.29, 1.82) is 0 Å². The second kappa shape index (κ2) is 7.99. The summed E-state index contributed by atoms with van der Waals surface area (Å²) in [6.07, 6.45) is 1.73. The number of aryl methyl sites for hydroxylation is 1. The van der Waals surface area contributed by atoms with Crippen LogP contribution in [-0.2, 0) is 11.2 Å². The Kier molecular flexibility index (Phi) is 5.51. The molecule has 0 radical (unpaired) electrons. The third kappa shape index (κ3) is 4.09. The third-order valence-electron chi connectivity index (χ3n) is 4.55. The predicted octanol–water partition coefficient (Wildman–Crippen LogP) is 3.65. The van der Waals surface area contributed by atoms with Crippen LogP contribution in [0.5, 0.6) is 0 Å². The molecule has 1 atom stereocenters. The summed E-state index contributed by atoms with van der Waals surface area (Å²) in [5, 5.41) is 13.4. The zero-order valence-electron chi connectivity index (χ0n) is 14.5. The Morgan fingerprint density at radius 3 is 2.60 bits per heavy atom. The first-order valence-electron chi connectivity index (χ1n) is 8.70. The number of nitrogens with one attached hydrogen (secondary N) is 2. The van der Waals surface area contributed by atoms with Gasteiger partial charge in [0.25, 0.3) is 0 Å². The Labute approximate surface area is 147 Å². The van der Waals surface area contributed by atoms with Crippen molar-refractivity contribution in [3.63, 3.8) is 0 Å². The SMILES string of the molecule is Cc1[nH]c2ccccc2c1CC(=O)NC(CCCO)c1ccccc1. The van der Waals surface area contributed by atoms with Crippen molar-refractivity contribution in [2.45, 2.75) is 32.2 Å². The molecule has 4 nitrogen and oxygen atoms in total. The number of aromatic amines is 1. The van der Waals surface area contributed by atoms with Crippen LogP contribution in [0.15, 0.2) is 54.6 Å². The highest BCUT2D eigenvalue weighted by Gasteiger charge is 2.17. The maximum atomic E-state index is 12.7. The summed E-state index contributed by atoms with van der Waals surface area (Å²) in [6, 6.07) is 17.9. The van der Waals surface area contributed by atoms with Crippen LogP contribution in [0.25, 0.3) is 10.9 Å². The lowest BCUT2D eigenvalue weighted by Gasteiger charge is -2.19. The molecule has 0 aliphatic carbocycles. The second-order valence-corrected chi connectivity index (χ2v) is 6.35. The Morgan fingerprint density at radius 2 is 1.84 bits per heavy atom. The molecule has 1 amide bonds. The van der Waals surface area contributed by atoms with Crippen LogP contribution in [0, 0.1) is 6.92 Å². The maximum Gasteiger partial charge on any atom is 0.224 e. The van der Waals surface area contributed by atoms with Gasteiger partial charge in [-0.1, -0.05) is 48.5 Å². The number of para-hydroxylation sites is 1. The van der Waals surface area contributed by atoms with Crippen LogP contribution in [-0.4, -0.2) is 22.6 Å². The second-order valence-electron chi connectivity index (χ2n) is 6.35. The third-order valence-corrected chi connectivity index (χ3v) is 4.55. The van der Waals surface area contributed by atoms with E-state index in [2.05, 4.69) is 10.3 Å². The molecule has 0 aliphatic rings.